The molecule has 0 atom stereocenters. The lowest BCUT2D eigenvalue weighted by molar-refractivity contribution is 0.0528. The number of pyridine rings is 1. The Morgan fingerprint density at radius 2 is 2.12 bits per heavy atom. The summed E-state index contributed by atoms with van der Waals surface area (Å²) in [7, 11) is 1.61. The highest BCUT2D eigenvalue weighted by Gasteiger charge is 2.18. The normalized spacial score (nSPS) is 10.6. The van der Waals surface area contributed by atoms with Gasteiger partial charge in [-0.3, -0.25) is 0 Å². The Morgan fingerprint density at radius 3 is 2.88 bits per heavy atom. The third kappa shape index (κ3) is 3.51. The fourth-order valence-electron chi connectivity index (χ4n) is 2.44. The zero-order valence-electron chi connectivity index (χ0n) is 13.9. The van der Waals surface area contributed by atoms with Gasteiger partial charge in [-0.1, -0.05) is 6.07 Å². The number of rotatable bonds is 6. The van der Waals surface area contributed by atoms with Crippen molar-refractivity contribution in [2.75, 3.05) is 19.5 Å². The maximum absolute atomic E-state index is 12.1. The van der Waals surface area contributed by atoms with E-state index in [4.69, 9.17) is 19.9 Å². The first-order valence-corrected chi connectivity index (χ1v) is 8.60. The number of hydrogen-bond acceptors (Lipinski definition) is 7. The lowest BCUT2D eigenvalue weighted by Gasteiger charge is -2.08. The summed E-state index contributed by atoms with van der Waals surface area (Å²) in [5.74, 6) is 1.38. The van der Waals surface area contributed by atoms with E-state index in [1.807, 2.05) is 23.6 Å². The van der Waals surface area contributed by atoms with E-state index in [9.17, 15) is 4.79 Å². The molecule has 3 aromatic rings. The molecular formula is C18H18N2O4S. The summed E-state index contributed by atoms with van der Waals surface area (Å²) in [4.78, 5) is 16.2. The van der Waals surface area contributed by atoms with Gasteiger partial charge >= 0.3 is 5.97 Å². The Bertz CT molecular complexity index is 907. The highest BCUT2D eigenvalue weighted by molar-refractivity contribution is 7.17. The summed E-state index contributed by atoms with van der Waals surface area (Å²) in [5.41, 5.74) is 7.32. The summed E-state index contributed by atoms with van der Waals surface area (Å²) in [5, 5.41) is 2.66. The quantitative estimate of drug-likeness (QED) is 0.677. The molecule has 0 bridgehead atoms. The highest BCUT2D eigenvalue weighted by Crippen LogP contribution is 2.33. The van der Waals surface area contributed by atoms with Crippen molar-refractivity contribution in [3.8, 4) is 11.5 Å². The molecule has 0 amide bonds. The van der Waals surface area contributed by atoms with Crippen molar-refractivity contribution in [2.24, 2.45) is 0 Å². The number of nitrogens with zero attached hydrogens (tertiary/aromatic N) is 1. The number of thiophene rings is 1. The second-order valence-corrected chi connectivity index (χ2v) is 6.09. The molecule has 25 heavy (non-hydrogen) atoms. The van der Waals surface area contributed by atoms with Gasteiger partial charge in [-0.05, 0) is 24.4 Å². The number of esters is 1. The minimum atomic E-state index is -0.401. The predicted molar refractivity (Wildman–Crippen MR) is 97.3 cm³/mol. The first-order chi connectivity index (χ1) is 12.1. The minimum Gasteiger partial charge on any atom is -0.497 e. The van der Waals surface area contributed by atoms with Crippen molar-refractivity contribution in [3.05, 3.63) is 47.0 Å². The topological polar surface area (TPSA) is 83.7 Å². The van der Waals surface area contributed by atoms with Crippen LogP contribution in [0.5, 0.6) is 11.5 Å². The second kappa shape index (κ2) is 7.40. The van der Waals surface area contributed by atoms with Gasteiger partial charge in [0.05, 0.1) is 24.0 Å². The lowest BCUT2D eigenvalue weighted by Crippen LogP contribution is -2.06. The third-order valence-electron chi connectivity index (χ3n) is 3.63. The fraction of sp³-hybridized carbons (Fsp3) is 0.222. The van der Waals surface area contributed by atoms with Gasteiger partial charge in [-0.2, -0.15) is 0 Å². The minimum absolute atomic E-state index is 0.307. The van der Waals surface area contributed by atoms with Gasteiger partial charge in [-0.15, -0.1) is 11.3 Å². The van der Waals surface area contributed by atoms with Crippen LogP contribution in [0, 0.1) is 0 Å². The number of benzene rings is 1. The van der Waals surface area contributed by atoms with Crippen LogP contribution in [0.15, 0.2) is 35.8 Å². The van der Waals surface area contributed by atoms with Gasteiger partial charge in [0, 0.05) is 23.2 Å². The average Bonchev–Trinajstić information content (AvgIpc) is 3.05. The Kier molecular flexibility index (Phi) is 5.04. The number of carbonyl (C=O) groups is 1. The molecule has 6 nitrogen and oxygen atoms in total. The maximum atomic E-state index is 12.1. The van der Waals surface area contributed by atoms with Gasteiger partial charge in [0.25, 0.3) is 0 Å². The van der Waals surface area contributed by atoms with Gasteiger partial charge < -0.3 is 19.9 Å². The third-order valence-corrected chi connectivity index (χ3v) is 4.69. The molecule has 0 aliphatic heterocycles. The van der Waals surface area contributed by atoms with Crippen molar-refractivity contribution in [3.63, 3.8) is 0 Å². The number of ether oxygens (including phenoxy) is 3. The van der Waals surface area contributed by atoms with Crippen LogP contribution in [-0.2, 0) is 11.3 Å². The Hall–Kier alpha value is -2.80. The maximum Gasteiger partial charge on any atom is 0.341 e. The van der Waals surface area contributed by atoms with E-state index in [0.29, 0.717) is 30.3 Å². The van der Waals surface area contributed by atoms with Crippen molar-refractivity contribution in [1.82, 2.24) is 4.98 Å². The van der Waals surface area contributed by atoms with Crippen molar-refractivity contribution in [1.29, 1.82) is 0 Å². The molecule has 2 N–H and O–H groups in total. The first kappa shape index (κ1) is 17.0. The van der Waals surface area contributed by atoms with Crippen molar-refractivity contribution < 1.29 is 19.0 Å². The molecule has 3 rings (SSSR count). The van der Waals surface area contributed by atoms with Gasteiger partial charge in [0.1, 0.15) is 23.9 Å². The lowest BCUT2D eigenvalue weighted by atomic mass is 10.1. The molecule has 0 radical (unpaired) electrons. The number of aromatic nitrogens is 1. The van der Waals surface area contributed by atoms with Crippen LogP contribution in [0.3, 0.4) is 0 Å². The summed E-state index contributed by atoms with van der Waals surface area (Å²) in [6.45, 7) is 2.38. The average molecular weight is 358 g/mol. The number of methoxy groups -OCH3 is 1. The number of nitrogen functional groups attached to an aromatic ring is 1. The molecule has 0 saturated carbocycles. The van der Waals surface area contributed by atoms with Gasteiger partial charge in [0.15, 0.2) is 0 Å². The molecule has 0 aliphatic rings. The van der Waals surface area contributed by atoms with E-state index >= 15 is 0 Å². The van der Waals surface area contributed by atoms with Crippen LogP contribution >= 0.6 is 11.3 Å². The highest BCUT2D eigenvalue weighted by atomic mass is 32.1. The van der Waals surface area contributed by atoms with E-state index in [0.717, 1.165) is 21.4 Å². The molecule has 0 aliphatic carbocycles. The van der Waals surface area contributed by atoms with E-state index < -0.39 is 5.97 Å². The predicted octanol–water partition coefficient (Wildman–Crippen LogP) is 3.64. The Morgan fingerprint density at radius 1 is 1.32 bits per heavy atom. The smallest absolute Gasteiger partial charge is 0.341 e. The monoisotopic (exact) mass is 358 g/mol. The van der Waals surface area contributed by atoms with E-state index in [1.54, 1.807) is 20.1 Å². The molecule has 130 valence electrons. The number of hydrogen-bond donors (Lipinski definition) is 1. The molecule has 7 heteroatoms. The molecule has 0 saturated heterocycles. The SMILES string of the molecule is CCOC(=O)c1cnc(N)c2c(COc3cccc(OC)c3)csc12. The van der Waals surface area contributed by atoms with Crippen LogP contribution in [0.4, 0.5) is 5.82 Å². The van der Waals surface area contributed by atoms with Crippen molar-refractivity contribution in [2.45, 2.75) is 13.5 Å². The van der Waals surface area contributed by atoms with Gasteiger partial charge in [-0.25, -0.2) is 9.78 Å². The standard InChI is InChI=1S/C18H18N2O4S/c1-3-23-18(21)14-8-20-17(19)15-11(10-25-16(14)15)9-24-13-6-4-5-12(7-13)22-2/h4-8,10H,3,9H2,1-2H3,(H2,19,20). The number of carbonyl (C=O) groups excluding carboxylic acids is 1. The summed E-state index contributed by atoms with van der Waals surface area (Å²) in [6.07, 6.45) is 1.46. The van der Waals surface area contributed by atoms with E-state index in [2.05, 4.69) is 4.98 Å². The number of nitrogens with two attached hydrogens (primary N) is 1. The summed E-state index contributed by atoms with van der Waals surface area (Å²) >= 11 is 1.43. The van der Waals surface area contributed by atoms with Crippen LogP contribution < -0.4 is 15.2 Å². The zero-order valence-corrected chi connectivity index (χ0v) is 14.8. The molecule has 2 heterocycles. The summed E-state index contributed by atoms with van der Waals surface area (Å²) in [6, 6.07) is 7.36. The number of anilines is 1. The second-order valence-electron chi connectivity index (χ2n) is 5.21. The van der Waals surface area contributed by atoms with Crippen LogP contribution in [0.25, 0.3) is 10.1 Å². The van der Waals surface area contributed by atoms with Gasteiger partial charge in [0.2, 0.25) is 0 Å². The summed E-state index contributed by atoms with van der Waals surface area (Å²) < 4.78 is 16.9. The van der Waals surface area contributed by atoms with Crippen molar-refractivity contribution >= 4 is 33.2 Å². The molecule has 0 spiro atoms. The zero-order chi connectivity index (χ0) is 17.8. The number of fused-ring (bicyclic) bond motifs is 1. The first-order valence-electron chi connectivity index (χ1n) is 7.72. The molecule has 2 aromatic heterocycles. The molecular weight excluding hydrogens is 340 g/mol. The molecule has 0 fully saturated rings. The van der Waals surface area contributed by atoms with Crippen LogP contribution in [-0.4, -0.2) is 24.7 Å². The molecule has 1 aromatic carbocycles. The molecule has 0 unspecified atom stereocenters. The van der Waals surface area contributed by atoms with E-state index in [-0.39, 0.29) is 0 Å². The largest absolute Gasteiger partial charge is 0.497 e. The van der Waals surface area contributed by atoms with Crippen LogP contribution in [0.1, 0.15) is 22.8 Å². The Balaban J connectivity index is 1.89. The van der Waals surface area contributed by atoms with Crippen LogP contribution in [0.2, 0.25) is 0 Å². The van der Waals surface area contributed by atoms with E-state index in [1.165, 1.54) is 17.5 Å². The Labute approximate surface area is 149 Å². The fourth-order valence-corrected chi connectivity index (χ4v) is 3.50.